The zero-order valence-corrected chi connectivity index (χ0v) is 18.6. The van der Waals surface area contributed by atoms with Gasteiger partial charge in [-0.05, 0) is 48.5 Å². The average molecular weight is 485 g/mol. The number of sulfone groups is 1. The molecular formula is C21H16Cl2F2N2O3S. The highest BCUT2D eigenvalue weighted by Gasteiger charge is 2.25. The fourth-order valence-electron chi connectivity index (χ4n) is 2.76. The lowest BCUT2D eigenvalue weighted by Gasteiger charge is -2.13. The van der Waals surface area contributed by atoms with Crippen molar-refractivity contribution in [3.63, 3.8) is 0 Å². The maximum atomic E-state index is 13.7. The summed E-state index contributed by atoms with van der Waals surface area (Å²) in [5, 5.41) is 2.86. The van der Waals surface area contributed by atoms with Crippen LogP contribution in [0.1, 0.15) is 22.8 Å². The van der Waals surface area contributed by atoms with Crippen LogP contribution in [0.15, 0.2) is 59.6 Å². The largest absolute Gasteiger partial charge is 0.322 e. The van der Waals surface area contributed by atoms with Gasteiger partial charge in [0, 0.05) is 36.2 Å². The first-order valence-electron chi connectivity index (χ1n) is 8.81. The third-order valence-corrected chi connectivity index (χ3v) is 6.13. The third-order valence-electron chi connectivity index (χ3n) is 4.38. The second-order valence-electron chi connectivity index (χ2n) is 6.88. The van der Waals surface area contributed by atoms with Crippen molar-refractivity contribution in [2.45, 2.75) is 17.7 Å². The van der Waals surface area contributed by atoms with Gasteiger partial charge in [0.1, 0.15) is 0 Å². The van der Waals surface area contributed by atoms with E-state index in [-0.39, 0.29) is 31.8 Å². The Morgan fingerprint density at radius 3 is 2.35 bits per heavy atom. The van der Waals surface area contributed by atoms with E-state index in [0.29, 0.717) is 11.3 Å². The zero-order valence-electron chi connectivity index (χ0n) is 16.3. The number of anilines is 1. The maximum Gasteiger partial charge on any atom is 0.270 e. The van der Waals surface area contributed by atoms with Crippen molar-refractivity contribution in [1.29, 1.82) is 0 Å². The minimum Gasteiger partial charge on any atom is -0.322 e. The van der Waals surface area contributed by atoms with Crippen LogP contribution in [0.5, 0.6) is 0 Å². The molecule has 0 spiro atoms. The summed E-state index contributed by atoms with van der Waals surface area (Å²) < 4.78 is 50.6. The van der Waals surface area contributed by atoms with E-state index < -0.39 is 21.7 Å². The molecule has 0 radical (unpaired) electrons. The summed E-state index contributed by atoms with van der Waals surface area (Å²) in [5.41, 5.74) is 0.736. The van der Waals surface area contributed by atoms with Crippen LogP contribution in [-0.4, -0.2) is 25.6 Å². The van der Waals surface area contributed by atoms with Crippen molar-refractivity contribution >= 4 is 44.6 Å². The van der Waals surface area contributed by atoms with Crippen molar-refractivity contribution in [2.24, 2.45) is 0 Å². The lowest BCUT2D eigenvalue weighted by Crippen LogP contribution is -2.13. The summed E-state index contributed by atoms with van der Waals surface area (Å²) in [7, 11) is -3.47. The molecule has 0 saturated carbocycles. The number of hydrogen-bond donors (Lipinski definition) is 1. The number of nitrogens with zero attached hydrogens (tertiary/aromatic N) is 1. The van der Waals surface area contributed by atoms with Crippen molar-refractivity contribution in [2.75, 3.05) is 11.6 Å². The lowest BCUT2D eigenvalue weighted by molar-refractivity contribution is 0.0174. The Labute approximate surface area is 187 Å². The third kappa shape index (κ3) is 5.39. The van der Waals surface area contributed by atoms with Crippen LogP contribution < -0.4 is 5.32 Å². The molecule has 3 aromatic rings. The fourth-order valence-corrected chi connectivity index (χ4v) is 3.95. The summed E-state index contributed by atoms with van der Waals surface area (Å²) in [6, 6.07) is 10.8. The molecule has 0 bridgehead atoms. The smallest absolute Gasteiger partial charge is 0.270 e. The lowest BCUT2D eigenvalue weighted by atomic mass is 10.1. The Morgan fingerprint density at radius 1 is 1.03 bits per heavy atom. The predicted molar refractivity (Wildman–Crippen MR) is 117 cm³/mol. The Bertz CT molecular complexity index is 1280. The van der Waals surface area contributed by atoms with Gasteiger partial charge in [-0.25, -0.2) is 17.2 Å². The molecule has 1 N–H and O–H groups in total. The maximum absolute atomic E-state index is 13.7. The van der Waals surface area contributed by atoms with Crippen molar-refractivity contribution in [3.8, 4) is 11.3 Å². The molecular weight excluding hydrogens is 469 g/mol. The Morgan fingerprint density at radius 2 is 1.74 bits per heavy atom. The van der Waals surface area contributed by atoms with Crippen LogP contribution in [0.3, 0.4) is 0 Å². The molecule has 31 heavy (non-hydrogen) atoms. The first-order chi connectivity index (χ1) is 14.4. The van der Waals surface area contributed by atoms with Gasteiger partial charge in [0.15, 0.2) is 9.84 Å². The number of rotatable bonds is 5. The highest BCUT2D eigenvalue weighted by molar-refractivity contribution is 7.90. The van der Waals surface area contributed by atoms with E-state index >= 15 is 0 Å². The average Bonchev–Trinajstić information content (AvgIpc) is 2.68. The molecule has 2 aromatic carbocycles. The minimum absolute atomic E-state index is 0.0125. The number of carbonyl (C=O) groups is 1. The molecule has 3 rings (SSSR count). The van der Waals surface area contributed by atoms with Gasteiger partial charge >= 0.3 is 0 Å². The summed E-state index contributed by atoms with van der Waals surface area (Å²) >= 11 is 12.3. The van der Waals surface area contributed by atoms with Crippen LogP contribution >= 0.6 is 23.2 Å². The molecule has 162 valence electrons. The highest BCUT2D eigenvalue weighted by Crippen LogP contribution is 2.33. The molecule has 1 aromatic heterocycles. The van der Waals surface area contributed by atoms with Crippen molar-refractivity contribution in [1.82, 2.24) is 4.98 Å². The van der Waals surface area contributed by atoms with E-state index in [0.717, 1.165) is 13.2 Å². The number of pyridine rings is 1. The normalized spacial score (nSPS) is 11.9. The van der Waals surface area contributed by atoms with E-state index in [1.54, 1.807) is 0 Å². The summed E-state index contributed by atoms with van der Waals surface area (Å²) in [5.74, 6) is -3.63. The molecule has 0 aliphatic rings. The van der Waals surface area contributed by atoms with Crippen LogP contribution in [0, 0.1) is 0 Å². The number of aromatic nitrogens is 1. The number of hydrogen-bond acceptors (Lipinski definition) is 4. The molecule has 10 heteroatoms. The zero-order chi connectivity index (χ0) is 23.0. The topological polar surface area (TPSA) is 76.1 Å². The number of halogens is 4. The summed E-state index contributed by atoms with van der Waals surface area (Å²) in [6.45, 7) is 0.781. The van der Waals surface area contributed by atoms with Gasteiger partial charge in [0.25, 0.3) is 11.8 Å². The summed E-state index contributed by atoms with van der Waals surface area (Å²) in [6.07, 6.45) is 2.29. The van der Waals surface area contributed by atoms with E-state index in [1.807, 2.05) is 0 Å². The number of alkyl halides is 2. The molecule has 0 aliphatic carbocycles. The molecule has 0 atom stereocenters. The molecule has 5 nitrogen and oxygen atoms in total. The standard InChI is InChI=1S/C21H16Cl2F2N2O3S/c1-21(24,25)12-7-8-26-19(9-12)16-10-13(3-6-17(16)22)27-20(28)15-5-4-14(11-18(15)23)31(2,29)30/h3-11H,1-2H3,(H,27,28). The van der Waals surface area contributed by atoms with E-state index in [9.17, 15) is 22.0 Å². The molecule has 0 unspecified atom stereocenters. The summed E-state index contributed by atoms with van der Waals surface area (Å²) in [4.78, 5) is 16.7. The SMILES string of the molecule is CC(F)(F)c1ccnc(-c2cc(NC(=O)c3ccc(S(C)(=O)=O)cc3Cl)ccc2Cl)c1. The number of nitrogens with one attached hydrogen (secondary N) is 1. The van der Waals surface area contributed by atoms with Crippen LogP contribution in [0.25, 0.3) is 11.3 Å². The first kappa shape index (κ1) is 23.1. The fraction of sp³-hybridized carbons (Fsp3) is 0.143. The van der Waals surface area contributed by atoms with Gasteiger partial charge in [0.05, 0.1) is 26.2 Å². The molecule has 0 fully saturated rings. The van der Waals surface area contributed by atoms with Gasteiger partial charge in [-0.1, -0.05) is 23.2 Å². The number of benzene rings is 2. The number of amides is 1. The quantitative estimate of drug-likeness (QED) is 0.494. The van der Waals surface area contributed by atoms with Gasteiger partial charge < -0.3 is 5.32 Å². The Kier molecular flexibility index (Phi) is 6.36. The monoisotopic (exact) mass is 484 g/mol. The van der Waals surface area contributed by atoms with Crippen molar-refractivity contribution < 1.29 is 22.0 Å². The Balaban J connectivity index is 1.92. The van der Waals surface area contributed by atoms with E-state index in [2.05, 4.69) is 10.3 Å². The molecule has 0 saturated heterocycles. The van der Waals surface area contributed by atoms with Gasteiger partial charge in [-0.3, -0.25) is 9.78 Å². The van der Waals surface area contributed by atoms with Gasteiger partial charge in [0.2, 0.25) is 0 Å². The van der Waals surface area contributed by atoms with Gasteiger partial charge in [-0.15, -0.1) is 0 Å². The Hall–Kier alpha value is -2.55. The van der Waals surface area contributed by atoms with Gasteiger partial charge in [-0.2, -0.15) is 0 Å². The molecule has 1 amide bonds. The van der Waals surface area contributed by atoms with Crippen LogP contribution in [0.2, 0.25) is 10.0 Å². The minimum atomic E-state index is -3.47. The van der Waals surface area contributed by atoms with Crippen molar-refractivity contribution in [3.05, 3.63) is 75.9 Å². The molecule has 0 aliphatic heterocycles. The van der Waals surface area contributed by atoms with Crippen LogP contribution in [-0.2, 0) is 15.8 Å². The number of carbonyl (C=O) groups excluding carboxylic acids is 1. The van der Waals surface area contributed by atoms with Crippen LogP contribution in [0.4, 0.5) is 14.5 Å². The first-order valence-corrected chi connectivity index (χ1v) is 11.5. The second-order valence-corrected chi connectivity index (χ2v) is 9.71. The molecule has 1 heterocycles. The van der Waals surface area contributed by atoms with E-state index in [1.165, 1.54) is 54.7 Å². The second kappa shape index (κ2) is 8.53. The predicted octanol–water partition coefficient (Wildman–Crippen LogP) is 5.82. The van der Waals surface area contributed by atoms with E-state index in [4.69, 9.17) is 23.2 Å². The highest BCUT2D eigenvalue weighted by atomic mass is 35.5.